The highest BCUT2D eigenvalue weighted by Gasteiger charge is 2.47. The lowest BCUT2D eigenvalue weighted by Crippen LogP contribution is -2.39. The van der Waals surface area contributed by atoms with Gasteiger partial charge >= 0.3 is 13.7 Å². The van der Waals surface area contributed by atoms with E-state index in [0.29, 0.717) is 34.5 Å². The molecule has 4 aromatic rings. The zero-order valence-electron chi connectivity index (χ0n) is 27.9. The fourth-order valence-corrected chi connectivity index (χ4v) is 7.40. The summed E-state index contributed by atoms with van der Waals surface area (Å²) in [6.45, 7) is 7.40. The number of aromatic nitrogens is 4. The SMILES string of the molecule is COc1nc(N)nc2c1ncn2C1OC(COP(=O)(NC(CCSC)C(=O)OCC(C)(C)C)Oc2cccc3ccccc23)CC1(C)O. The van der Waals surface area contributed by atoms with Crippen LogP contribution in [0.2, 0.25) is 0 Å². The molecule has 1 aliphatic heterocycles. The molecule has 260 valence electrons. The van der Waals surface area contributed by atoms with E-state index in [4.69, 9.17) is 29.0 Å². The molecule has 1 aliphatic rings. The number of thioether (sulfide) groups is 1. The Morgan fingerprint density at radius 3 is 2.73 bits per heavy atom. The molecule has 14 nitrogen and oxygen atoms in total. The third kappa shape index (κ3) is 8.39. The summed E-state index contributed by atoms with van der Waals surface area (Å²) < 4.78 is 45.6. The summed E-state index contributed by atoms with van der Waals surface area (Å²) in [7, 11) is -2.84. The maximum absolute atomic E-state index is 14.7. The molecule has 2 aromatic heterocycles. The zero-order chi connectivity index (χ0) is 34.7. The van der Waals surface area contributed by atoms with E-state index in [0.717, 1.165) is 5.39 Å². The van der Waals surface area contributed by atoms with E-state index in [9.17, 15) is 14.5 Å². The number of aliphatic hydroxyl groups is 1. The first kappa shape index (κ1) is 35.8. The minimum Gasteiger partial charge on any atom is -0.479 e. The number of imidazole rings is 1. The van der Waals surface area contributed by atoms with Crippen LogP contribution in [0.3, 0.4) is 0 Å². The number of carbonyl (C=O) groups excluding carboxylic acids is 1. The van der Waals surface area contributed by atoms with Gasteiger partial charge in [-0.15, -0.1) is 0 Å². The van der Waals surface area contributed by atoms with Crippen LogP contribution in [0.1, 0.15) is 46.8 Å². The minimum absolute atomic E-state index is 0.0340. The first-order valence-corrected chi connectivity index (χ1v) is 18.4. The molecule has 0 amide bonds. The summed E-state index contributed by atoms with van der Waals surface area (Å²) in [5.41, 5.74) is 4.86. The molecule has 0 radical (unpaired) electrons. The maximum atomic E-state index is 14.7. The summed E-state index contributed by atoms with van der Waals surface area (Å²) in [5, 5.41) is 15.9. The van der Waals surface area contributed by atoms with Crippen LogP contribution in [0.5, 0.6) is 11.6 Å². The van der Waals surface area contributed by atoms with Gasteiger partial charge in [-0.25, -0.2) is 9.55 Å². The number of hydrogen-bond donors (Lipinski definition) is 3. The molecule has 0 aliphatic carbocycles. The summed E-state index contributed by atoms with van der Waals surface area (Å²) in [6.07, 6.45) is 2.09. The quantitative estimate of drug-likeness (QED) is 0.116. The lowest BCUT2D eigenvalue weighted by atomic mass is 9.99. The Hall–Kier alpha value is -3.46. The van der Waals surface area contributed by atoms with Crippen molar-refractivity contribution in [1.29, 1.82) is 0 Å². The molecule has 5 rings (SSSR count). The van der Waals surface area contributed by atoms with E-state index < -0.39 is 37.7 Å². The highest BCUT2D eigenvalue weighted by atomic mass is 32.2. The van der Waals surface area contributed by atoms with E-state index >= 15 is 0 Å². The zero-order valence-corrected chi connectivity index (χ0v) is 29.6. The average molecular weight is 703 g/mol. The molecule has 3 heterocycles. The van der Waals surface area contributed by atoms with Crippen molar-refractivity contribution in [2.45, 2.75) is 64.5 Å². The number of methoxy groups -OCH3 is 1. The molecular formula is C32H43N6O8PS. The molecule has 1 saturated heterocycles. The van der Waals surface area contributed by atoms with Gasteiger partial charge in [0.05, 0.1) is 32.8 Å². The van der Waals surface area contributed by atoms with Crippen molar-refractivity contribution in [1.82, 2.24) is 24.6 Å². The summed E-state index contributed by atoms with van der Waals surface area (Å²) in [4.78, 5) is 26.0. The number of fused-ring (bicyclic) bond motifs is 2. The van der Waals surface area contributed by atoms with Gasteiger partial charge in [-0.1, -0.05) is 57.2 Å². The Morgan fingerprint density at radius 2 is 2.00 bits per heavy atom. The largest absolute Gasteiger partial charge is 0.479 e. The molecule has 0 bridgehead atoms. The molecule has 2 aromatic carbocycles. The summed E-state index contributed by atoms with van der Waals surface area (Å²) >= 11 is 1.54. The van der Waals surface area contributed by atoms with Crippen molar-refractivity contribution in [3.05, 3.63) is 48.8 Å². The molecule has 5 unspecified atom stereocenters. The number of nitrogen functional groups attached to an aromatic ring is 1. The van der Waals surface area contributed by atoms with Gasteiger partial charge in [-0.2, -0.15) is 26.8 Å². The van der Waals surface area contributed by atoms with E-state index in [1.807, 2.05) is 57.4 Å². The number of benzene rings is 2. The smallest absolute Gasteiger partial charge is 0.459 e. The summed E-state index contributed by atoms with van der Waals surface area (Å²) in [5.74, 6) is 0.485. The summed E-state index contributed by atoms with van der Waals surface area (Å²) in [6, 6.07) is 11.9. The Bertz CT molecular complexity index is 1790. The van der Waals surface area contributed by atoms with Crippen LogP contribution in [-0.2, 0) is 23.4 Å². The minimum atomic E-state index is -4.29. The number of nitrogens with zero attached hydrogens (tertiary/aromatic N) is 4. The molecule has 0 spiro atoms. The van der Waals surface area contributed by atoms with Gasteiger partial charge in [0.25, 0.3) is 0 Å². The average Bonchev–Trinajstić information content (AvgIpc) is 3.59. The highest BCUT2D eigenvalue weighted by Crippen LogP contribution is 2.49. The standard InChI is InChI=1S/C32H43N6O8PS/c1-31(2,3)18-43-28(39)23(14-15-48-6)37-47(41,46-24-13-9-11-20-10-7-8-12-22(20)24)44-17-21-16-32(4,40)29(45-21)38-19-34-25-26(38)35-30(33)36-27(25)42-5/h7-13,19,21,23,29,40H,14-18H2,1-6H3,(H,37,41)(H2,33,35,36). The third-order valence-corrected chi connectivity index (χ3v) is 9.80. The van der Waals surface area contributed by atoms with Gasteiger partial charge in [0.15, 0.2) is 17.4 Å². The van der Waals surface area contributed by atoms with Crippen molar-refractivity contribution in [2.75, 3.05) is 38.1 Å². The van der Waals surface area contributed by atoms with Crippen molar-refractivity contribution in [2.24, 2.45) is 5.41 Å². The van der Waals surface area contributed by atoms with Crippen LogP contribution in [0, 0.1) is 5.41 Å². The number of hydrogen-bond acceptors (Lipinski definition) is 13. The van der Waals surface area contributed by atoms with Crippen LogP contribution >= 0.6 is 19.5 Å². The Morgan fingerprint density at radius 1 is 1.25 bits per heavy atom. The number of rotatable bonds is 14. The Kier molecular flexibility index (Phi) is 10.9. The van der Waals surface area contributed by atoms with Crippen LogP contribution in [0.4, 0.5) is 5.95 Å². The number of carbonyl (C=O) groups is 1. The molecule has 5 atom stereocenters. The van der Waals surface area contributed by atoms with Crippen molar-refractivity contribution >= 4 is 53.4 Å². The molecule has 1 fully saturated rings. The fraction of sp³-hybridized carbons (Fsp3) is 0.500. The van der Waals surface area contributed by atoms with Gasteiger partial charge in [0.1, 0.15) is 17.4 Å². The van der Waals surface area contributed by atoms with Crippen molar-refractivity contribution < 1.29 is 37.7 Å². The van der Waals surface area contributed by atoms with E-state index in [1.54, 1.807) is 35.4 Å². The number of nitrogens with one attached hydrogen (secondary N) is 1. The lowest BCUT2D eigenvalue weighted by Gasteiger charge is -2.27. The van der Waals surface area contributed by atoms with E-state index in [2.05, 4.69) is 20.0 Å². The number of ether oxygens (including phenoxy) is 3. The number of nitrogens with two attached hydrogens (primary N) is 1. The molecule has 48 heavy (non-hydrogen) atoms. The van der Waals surface area contributed by atoms with Gasteiger partial charge < -0.3 is 29.6 Å². The molecular weight excluding hydrogens is 659 g/mol. The van der Waals surface area contributed by atoms with Gasteiger partial charge in [-0.05, 0) is 42.2 Å². The Balaban J connectivity index is 1.41. The van der Waals surface area contributed by atoms with Gasteiger partial charge in [-0.3, -0.25) is 13.9 Å². The predicted molar refractivity (Wildman–Crippen MR) is 184 cm³/mol. The van der Waals surface area contributed by atoms with Crippen LogP contribution in [0.25, 0.3) is 21.9 Å². The van der Waals surface area contributed by atoms with E-state index in [-0.39, 0.29) is 36.9 Å². The second-order valence-corrected chi connectivity index (χ2v) is 15.8. The van der Waals surface area contributed by atoms with Gasteiger partial charge in [0.2, 0.25) is 11.8 Å². The second kappa shape index (κ2) is 14.6. The van der Waals surface area contributed by atoms with Crippen LogP contribution < -0.4 is 20.1 Å². The van der Waals surface area contributed by atoms with Crippen LogP contribution in [0.15, 0.2) is 48.8 Å². The van der Waals surface area contributed by atoms with Crippen LogP contribution in [-0.4, -0.2) is 80.7 Å². The maximum Gasteiger partial charge on any atom is 0.459 e. The van der Waals surface area contributed by atoms with E-state index in [1.165, 1.54) is 13.4 Å². The first-order valence-electron chi connectivity index (χ1n) is 15.5. The third-order valence-electron chi connectivity index (χ3n) is 7.60. The molecule has 16 heteroatoms. The lowest BCUT2D eigenvalue weighted by molar-refractivity contribution is -0.148. The normalized spacial score (nSPS) is 21.6. The monoisotopic (exact) mass is 702 g/mol. The van der Waals surface area contributed by atoms with Crippen molar-refractivity contribution in [3.63, 3.8) is 0 Å². The predicted octanol–water partition coefficient (Wildman–Crippen LogP) is 5.11. The highest BCUT2D eigenvalue weighted by molar-refractivity contribution is 7.98. The Labute approximate surface area is 283 Å². The topological polar surface area (TPSA) is 182 Å². The first-order chi connectivity index (χ1) is 22.7. The molecule has 0 saturated carbocycles. The fourth-order valence-electron chi connectivity index (χ4n) is 5.35. The molecule has 4 N–H and O–H groups in total. The number of esters is 1. The van der Waals surface area contributed by atoms with Crippen molar-refractivity contribution in [3.8, 4) is 11.6 Å². The van der Waals surface area contributed by atoms with Gasteiger partial charge in [0, 0.05) is 11.8 Å². The number of anilines is 1. The second-order valence-electron chi connectivity index (χ2n) is 13.1.